The van der Waals surface area contributed by atoms with E-state index >= 15 is 0 Å². The van der Waals surface area contributed by atoms with E-state index in [1.54, 1.807) is 4.57 Å². The van der Waals surface area contributed by atoms with Crippen molar-refractivity contribution in [3.63, 3.8) is 0 Å². The van der Waals surface area contributed by atoms with Crippen LogP contribution in [0.3, 0.4) is 0 Å². The average molecular weight is 252 g/mol. The molecule has 0 aromatic carbocycles. The van der Waals surface area contributed by atoms with Gasteiger partial charge in [-0.2, -0.15) is 0 Å². The van der Waals surface area contributed by atoms with Crippen LogP contribution in [0.1, 0.15) is 20.3 Å². The van der Waals surface area contributed by atoms with E-state index in [-0.39, 0.29) is 5.56 Å². The van der Waals surface area contributed by atoms with Crippen molar-refractivity contribution in [3.8, 4) is 0 Å². The van der Waals surface area contributed by atoms with E-state index in [4.69, 9.17) is 5.84 Å². The van der Waals surface area contributed by atoms with Crippen molar-refractivity contribution in [2.24, 2.45) is 11.8 Å². The molecule has 0 unspecified atom stereocenters. The van der Waals surface area contributed by atoms with Gasteiger partial charge in [0.15, 0.2) is 0 Å². The first-order chi connectivity index (χ1) is 8.13. The summed E-state index contributed by atoms with van der Waals surface area (Å²) in [5, 5.41) is 1.87. The van der Waals surface area contributed by atoms with Gasteiger partial charge in [-0.05, 0) is 23.8 Å². The van der Waals surface area contributed by atoms with Gasteiger partial charge in [0.25, 0.3) is 5.56 Å². The molecule has 6 heteroatoms. The van der Waals surface area contributed by atoms with Gasteiger partial charge in [-0.25, -0.2) is 10.8 Å². The van der Waals surface area contributed by atoms with Crippen LogP contribution in [0.5, 0.6) is 0 Å². The van der Waals surface area contributed by atoms with Crippen molar-refractivity contribution >= 4 is 27.5 Å². The lowest BCUT2D eigenvalue weighted by Gasteiger charge is -2.12. The summed E-state index contributed by atoms with van der Waals surface area (Å²) in [5.74, 6) is 6.38. The molecule has 0 saturated carbocycles. The fourth-order valence-corrected chi connectivity index (χ4v) is 2.43. The van der Waals surface area contributed by atoms with Gasteiger partial charge in [0, 0.05) is 6.54 Å². The van der Waals surface area contributed by atoms with Crippen molar-refractivity contribution in [1.82, 2.24) is 9.55 Å². The molecule has 0 aliphatic heterocycles. The molecule has 0 radical (unpaired) electrons. The highest BCUT2D eigenvalue weighted by Crippen LogP contribution is 2.17. The third-order valence-corrected chi connectivity index (χ3v) is 3.52. The van der Waals surface area contributed by atoms with Gasteiger partial charge in [0.1, 0.15) is 4.70 Å². The Hall–Kier alpha value is -1.40. The maximum Gasteiger partial charge on any atom is 0.272 e. The van der Waals surface area contributed by atoms with Crippen molar-refractivity contribution < 1.29 is 0 Å². The normalized spacial score (nSPS) is 11.3. The number of nitrogens with two attached hydrogens (primary N) is 1. The maximum atomic E-state index is 12.2. The Bertz CT molecular complexity index is 572. The van der Waals surface area contributed by atoms with E-state index in [0.29, 0.717) is 28.6 Å². The number of thiophene rings is 1. The third-order valence-electron chi connectivity index (χ3n) is 2.63. The largest absolute Gasteiger partial charge is 0.294 e. The third kappa shape index (κ3) is 2.32. The van der Waals surface area contributed by atoms with Crippen LogP contribution in [0.2, 0.25) is 0 Å². The van der Waals surface area contributed by atoms with Crippen molar-refractivity contribution in [2.75, 3.05) is 5.43 Å². The molecule has 0 saturated heterocycles. The summed E-state index contributed by atoms with van der Waals surface area (Å²) in [6.45, 7) is 4.88. The van der Waals surface area contributed by atoms with Crippen LogP contribution in [0.15, 0.2) is 16.2 Å². The highest BCUT2D eigenvalue weighted by atomic mass is 32.1. The molecule has 0 spiro atoms. The molecule has 0 atom stereocenters. The quantitative estimate of drug-likeness (QED) is 0.642. The molecule has 2 aromatic heterocycles. The van der Waals surface area contributed by atoms with Crippen molar-refractivity contribution in [2.45, 2.75) is 26.8 Å². The minimum Gasteiger partial charge on any atom is -0.294 e. The highest BCUT2D eigenvalue weighted by molar-refractivity contribution is 7.17. The number of nitrogens with one attached hydrogen (secondary N) is 1. The predicted octanol–water partition coefficient (Wildman–Crippen LogP) is 1.79. The summed E-state index contributed by atoms with van der Waals surface area (Å²) in [6, 6.07) is 1.83. The molecule has 92 valence electrons. The molecule has 17 heavy (non-hydrogen) atoms. The Kier molecular flexibility index (Phi) is 3.44. The number of fused-ring (bicyclic) bond motifs is 1. The Balaban J connectivity index is 2.50. The van der Waals surface area contributed by atoms with Crippen LogP contribution in [0.4, 0.5) is 5.95 Å². The van der Waals surface area contributed by atoms with Gasteiger partial charge in [0.2, 0.25) is 5.95 Å². The highest BCUT2D eigenvalue weighted by Gasteiger charge is 2.11. The monoisotopic (exact) mass is 252 g/mol. The predicted molar refractivity (Wildman–Crippen MR) is 71.1 cm³/mol. The van der Waals surface area contributed by atoms with Crippen LogP contribution in [0, 0.1) is 5.92 Å². The number of nitrogen functional groups attached to an aromatic ring is 1. The molecule has 2 heterocycles. The minimum atomic E-state index is -0.0152. The van der Waals surface area contributed by atoms with Crippen molar-refractivity contribution in [3.05, 3.63) is 21.8 Å². The average Bonchev–Trinajstić information content (AvgIpc) is 2.75. The second-order valence-corrected chi connectivity index (χ2v) is 5.27. The van der Waals surface area contributed by atoms with Crippen LogP contribution in [-0.2, 0) is 6.54 Å². The van der Waals surface area contributed by atoms with E-state index in [2.05, 4.69) is 24.3 Å². The number of hydrogen-bond donors (Lipinski definition) is 2. The molecular formula is C11H16N4OS. The molecular weight excluding hydrogens is 236 g/mol. The van der Waals surface area contributed by atoms with Gasteiger partial charge in [-0.3, -0.25) is 14.8 Å². The Morgan fingerprint density at radius 2 is 2.35 bits per heavy atom. The molecule has 2 aromatic rings. The maximum absolute atomic E-state index is 12.2. The summed E-state index contributed by atoms with van der Waals surface area (Å²) in [5.41, 5.74) is 3.19. The van der Waals surface area contributed by atoms with E-state index in [0.717, 1.165) is 6.42 Å². The first-order valence-corrected chi connectivity index (χ1v) is 6.46. The summed E-state index contributed by atoms with van der Waals surface area (Å²) in [4.78, 5) is 16.5. The minimum absolute atomic E-state index is 0.0152. The number of aromatic nitrogens is 2. The molecule has 0 fully saturated rings. The smallest absolute Gasteiger partial charge is 0.272 e. The molecule has 0 amide bonds. The lowest BCUT2D eigenvalue weighted by atomic mass is 10.1. The van der Waals surface area contributed by atoms with E-state index in [9.17, 15) is 4.79 Å². The summed E-state index contributed by atoms with van der Waals surface area (Å²) in [6.07, 6.45) is 0.924. The molecule has 0 aliphatic carbocycles. The second kappa shape index (κ2) is 4.85. The van der Waals surface area contributed by atoms with Gasteiger partial charge in [-0.1, -0.05) is 13.8 Å². The standard InChI is InChI=1S/C11H16N4OS/c1-7(2)3-5-15-10(16)9-8(4-6-17-9)13-11(15)14-12/h4,6-7H,3,5,12H2,1-2H3,(H,13,14). The van der Waals surface area contributed by atoms with Crippen LogP contribution < -0.4 is 16.8 Å². The topological polar surface area (TPSA) is 72.9 Å². The summed E-state index contributed by atoms with van der Waals surface area (Å²) in [7, 11) is 0. The number of anilines is 1. The zero-order valence-corrected chi connectivity index (χ0v) is 10.8. The molecule has 0 aliphatic rings. The van der Waals surface area contributed by atoms with E-state index in [1.807, 2.05) is 11.4 Å². The number of hydrogen-bond acceptors (Lipinski definition) is 5. The lowest BCUT2D eigenvalue weighted by molar-refractivity contribution is 0.509. The first-order valence-electron chi connectivity index (χ1n) is 5.58. The number of nitrogens with zero attached hydrogens (tertiary/aromatic N) is 2. The SMILES string of the molecule is CC(C)CCn1c(NN)nc2ccsc2c1=O. The zero-order chi connectivity index (χ0) is 12.4. The van der Waals surface area contributed by atoms with Crippen LogP contribution >= 0.6 is 11.3 Å². The Labute approximate surface area is 103 Å². The molecule has 3 N–H and O–H groups in total. The van der Waals surface area contributed by atoms with Gasteiger partial charge < -0.3 is 0 Å². The van der Waals surface area contributed by atoms with Gasteiger partial charge >= 0.3 is 0 Å². The summed E-state index contributed by atoms with van der Waals surface area (Å²) >= 11 is 1.42. The number of rotatable bonds is 4. The van der Waals surface area contributed by atoms with E-state index in [1.165, 1.54) is 11.3 Å². The van der Waals surface area contributed by atoms with Crippen LogP contribution in [0.25, 0.3) is 10.2 Å². The van der Waals surface area contributed by atoms with Crippen molar-refractivity contribution in [1.29, 1.82) is 0 Å². The Morgan fingerprint density at radius 1 is 1.59 bits per heavy atom. The zero-order valence-electron chi connectivity index (χ0n) is 9.93. The Morgan fingerprint density at radius 3 is 3.00 bits per heavy atom. The lowest BCUT2D eigenvalue weighted by Crippen LogP contribution is -2.27. The fraction of sp³-hybridized carbons (Fsp3) is 0.455. The fourth-order valence-electron chi connectivity index (χ4n) is 1.65. The van der Waals surface area contributed by atoms with Gasteiger partial charge in [0.05, 0.1) is 5.52 Å². The van der Waals surface area contributed by atoms with E-state index < -0.39 is 0 Å². The van der Waals surface area contributed by atoms with Crippen LogP contribution in [-0.4, -0.2) is 9.55 Å². The summed E-state index contributed by atoms with van der Waals surface area (Å²) < 4.78 is 2.30. The molecule has 2 rings (SSSR count). The second-order valence-electron chi connectivity index (χ2n) is 4.35. The molecule has 0 bridgehead atoms. The number of hydrazine groups is 1. The van der Waals surface area contributed by atoms with Gasteiger partial charge in [-0.15, -0.1) is 11.3 Å². The molecule has 5 nitrogen and oxygen atoms in total. The first kappa shape index (κ1) is 12.1.